The van der Waals surface area contributed by atoms with E-state index in [0.717, 1.165) is 12.2 Å². The molecule has 0 unspecified atom stereocenters. The first kappa shape index (κ1) is 14.1. The molecule has 1 aromatic rings. The third kappa shape index (κ3) is 3.35. The fraction of sp³-hybridized carbons (Fsp3) is 0.500. The standard InChI is InChI=1S/C14H20N2O2S/c1-3-18-13(17)11-8-10(15)4-5-12(11)16-9-14(19-2)6-7-14/h4-5,8,16H,3,6-7,9,15H2,1-2H3. The molecule has 1 aliphatic carbocycles. The van der Waals surface area contributed by atoms with E-state index in [-0.39, 0.29) is 5.97 Å². The summed E-state index contributed by atoms with van der Waals surface area (Å²) in [6.07, 6.45) is 4.58. The van der Waals surface area contributed by atoms with Gasteiger partial charge in [0.05, 0.1) is 12.2 Å². The lowest BCUT2D eigenvalue weighted by Crippen LogP contribution is -2.19. The molecule has 0 saturated heterocycles. The number of carbonyl (C=O) groups is 1. The van der Waals surface area contributed by atoms with Crippen LogP contribution in [0.3, 0.4) is 0 Å². The van der Waals surface area contributed by atoms with Crippen LogP contribution in [0.5, 0.6) is 0 Å². The molecule has 1 aromatic carbocycles. The number of hydrogen-bond acceptors (Lipinski definition) is 5. The summed E-state index contributed by atoms with van der Waals surface area (Å²) in [6, 6.07) is 5.31. The van der Waals surface area contributed by atoms with Crippen molar-refractivity contribution in [2.75, 3.05) is 30.5 Å². The van der Waals surface area contributed by atoms with Gasteiger partial charge in [-0.05, 0) is 44.2 Å². The number of nitrogen functional groups attached to an aromatic ring is 1. The van der Waals surface area contributed by atoms with Gasteiger partial charge in [0.1, 0.15) is 0 Å². The summed E-state index contributed by atoms with van der Waals surface area (Å²) in [6.45, 7) is 3.02. The number of ether oxygens (including phenoxy) is 1. The Kier molecular flexibility index (Phi) is 4.24. The lowest BCUT2D eigenvalue weighted by Gasteiger charge is -2.16. The van der Waals surface area contributed by atoms with Crippen molar-refractivity contribution in [3.8, 4) is 0 Å². The van der Waals surface area contributed by atoms with Crippen LogP contribution in [0.1, 0.15) is 30.1 Å². The molecule has 5 heteroatoms. The smallest absolute Gasteiger partial charge is 0.340 e. The van der Waals surface area contributed by atoms with E-state index in [1.54, 1.807) is 19.1 Å². The molecule has 104 valence electrons. The van der Waals surface area contributed by atoms with Crippen LogP contribution in [-0.2, 0) is 4.74 Å². The number of hydrogen-bond donors (Lipinski definition) is 2. The predicted molar refractivity (Wildman–Crippen MR) is 80.8 cm³/mol. The summed E-state index contributed by atoms with van der Waals surface area (Å²) in [5.74, 6) is -0.328. The minimum Gasteiger partial charge on any atom is -0.462 e. The zero-order chi connectivity index (χ0) is 13.9. The third-order valence-electron chi connectivity index (χ3n) is 3.38. The van der Waals surface area contributed by atoms with Crippen LogP contribution in [-0.4, -0.2) is 30.1 Å². The Hall–Kier alpha value is -1.36. The molecule has 0 aliphatic heterocycles. The van der Waals surface area contributed by atoms with Crippen LogP contribution in [0, 0.1) is 0 Å². The van der Waals surface area contributed by atoms with E-state index in [2.05, 4.69) is 11.6 Å². The van der Waals surface area contributed by atoms with Crippen molar-refractivity contribution in [2.45, 2.75) is 24.5 Å². The molecule has 0 spiro atoms. The van der Waals surface area contributed by atoms with E-state index >= 15 is 0 Å². The average molecular weight is 280 g/mol. The van der Waals surface area contributed by atoms with E-state index < -0.39 is 0 Å². The molecule has 0 heterocycles. The van der Waals surface area contributed by atoms with Crippen LogP contribution < -0.4 is 11.1 Å². The van der Waals surface area contributed by atoms with Gasteiger partial charge < -0.3 is 15.8 Å². The van der Waals surface area contributed by atoms with Gasteiger partial charge in [0.25, 0.3) is 0 Å². The molecule has 0 amide bonds. The van der Waals surface area contributed by atoms with Gasteiger partial charge in [-0.15, -0.1) is 0 Å². The second-order valence-corrected chi connectivity index (χ2v) is 6.04. The minimum absolute atomic E-state index is 0.328. The Bertz CT molecular complexity index is 473. The highest BCUT2D eigenvalue weighted by Gasteiger charge is 2.41. The summed E-state index contributed by atoms with van der Waals surface area (Å²) >= 11 is 1.88. The lowest BCUT2D eigenvalue weighted by molar-refractivity contribution is 0.0527. The van der Waals surface area contributed by atoms with E-state index in [1.165, 1.54) is 12.8 Å². The summed E-state index contributed by atoms with van der Waals surface area (Å²) in [5.41, 5.74) is 7.62. The van der Waals surface area contributed by atoms with Crippen molar-refractivity contribution in [3.05, 3.63) is 23.8 Å². The van der Waals surface area contributed by atoms with E-state index in [1.807, 2.05) is 17.8 Å². The fourth-order valence-corrected chi connectivity index (χ4v) is 2.67. The first-order chi connectivity index (χ1) is 9.10. The van der Waals surface area contributed by atoms with Crippen LogP contribution in [0.25, 0.3) is 0 Å². The molecule has 1 fully saturated rings. The first-order valence-electron chi connectivity index (χ1n) is 6.46. The molecule has 3 N–H and O–H groups in total. The Balaban J connectivity index is 2.12. The Morgan fingerprint density at radius 1 is 1.53 bits per heavy atom. The molecule has 4 nitrogen and oxygen atoms in total. The monoisotopic (exact) mass is 280 g/mol. The highest BCUT2D eigenvalue weighted by molar-refractivity contribution is 8.00. The molecule has 0 aromatic heterocycles. The van der Waals surface area contributed by atoms with Crippen LogP contribution in [0.4, 0.5) is 11.4 Å². The number of esters is 1. The summed E-state index contributed by atoms with van der Waals surface area (Å²) in [5, 5.41) is 3.36. The van der Waals surface area contributed by atoms with Gasteiger partial charge in [0, 0.05) is 22.7 Å². The first-order valence-corrected chi connectivity index (χ1v) is 7.68. The minimum atomic E-state index is -0.328. The molecule has 0 bridgehead atoms. The van der Waals surface area contributed by atoms with Crippen LogP contribution >= 0.6 is 11.8 Å². The number of benzene rings is 1. The van der Waals surface area contributed by atoms with Crippen molar-refractivity contribution in [1.29, 1.82) is 0 Å². The Morgan fingerprint density at radius 2 is 2.26 bits per heavy atom. The quantitative estimate of drug-likeness (QED) is 0.619. The summed E-state index contributed by atoms with van der Waals surface area (Å²) in [4.78, 5) is 11.9. The second kappa shape index (κ2) is 5.74. The number of nitrogens with two attached hydrogens (primary N) is 1. The Labute approximate surface area is 118 Å². The molecule has 19 heavy (non-hydrogen) atoms. The van der Waals surface area contributed by atoms with Gasteiger partial charge in [-0.25, -0.2) is 4.79 Å². The van der Waals surface area contributed by atoms with Crippen molar-refractivity contribution in [1.82, 2.24) is 0 Å². The highest BCUT2D eigenvalue weighted by atomic mass is 32.2. The summed E-state index contributed by atoms with van der Waals surface area (Å²) in [7, 11) is 0. The van der Waals surface area contributed by atoms with Crippen molar-refractivity contribution >= 4 is 29.1 Å². The molecule has 1 aliphatic rings. The number of thioether (sulfide) groups is 1. The van der Waals surface area contributed by atoms with Crippen molar-refractivity contribution in [3.63, 3.8) is 0 Å². The average Bonchev–Trinajstić information content (AvgIpc) is 3.18. The number of anilines is 2. The maximum Gasteiger partial charge on any atom is 0.340 e. The van der Waals surface area contributed by atoms with Crippen molar-refractivity contribution in [2.24, 2.45) is 0 Å². The van der Waals surface area contributed by atoms with Gasteiger partial charge in [-0.1, -0.05) is 0 Å². The third-order valence-corrected chi connectivity index (χ3v) is 4.80. The van der Waals surface area contributed by atoms with Gasteiger partial charge in [-0.3, -0.25) is 0 Å². The van der Waals surface area contributed by atoms with Gasteiger partial charge in [-0.2, -0.15) is 11.8 Å². The predicted octanol–water partition coefficient (Wildman–Crippen LogP) is 2.75. The molecular weight excluding hydrogens is 260 g/mol. The van der Waals surface area contributed by atoms with E-state index in [0.29, 0.717) is 22.6 Å². The zero-order valence-corrected chi connectivity index (χ0v) is 12.2. The Morgan fingerprint density at radius 3 is 2.84 bits per heavy atom. The van der Waals surface area contributed by atoms with Gasteiger partial charge in [0.2, 0.25) is 0 Å². The molecule has 1 saturated carbocycles. The lowest BCUT2D eigenvalue weighted by atomic mass is 10.1. The van der Waals surface area contributed by atoms with Crippen molar-refractivity contribution < 1.29 is 9.53 Å². The number of nitrogens with one attached hydrogen (secondary N) is 1. The van der Waals surface area contributed by atoms with Gasteiger partial charge >= 0.3 is 5.97 Å². The second-order valence-electron chi connectivity index (χ2n) is 4.77. The largest absolute Gasteiger partial charge is 0.462 e. The molecule has 0 radical (unpaired) electrons. The molecule has 2 rings (SSSR count). The fourth-order valence-electron chi connectivity index (χ4n) is 1.94. The normalized spacial score (nSPS) is 15.9. The SMILES string of the molecule is CCOC(=O)c1cc(N)ccc1NCC1(SC)CC1. The molecule has 0 atom stereocenters. The maximum absolute atomic E-state index is 11.9. The topological polar surface area (TPSA) is 64.3 Å². The zero-order valence-electron chi connectivity index (χ0n) is 11.4. The van der Waals surface area contributed by atoms with Crippen LogP contribution in [0.15, 0.2) is 18.2 Å². The number of carbonyl (C=O) groups excluding carboxylic acids is 1. The molecular formula is C14H20N2O2S. The van der Waals surface area contributed by atoms with E-state index in [9.17, 15) is 4.79 Å². The summed E-state index contributed by atoms with van der Waals surface area (Å²) < 4.78 is 5.40. The highest BCUT2D eigenvalue weighted by Crippen LogP contribution is 2.47. The van der Waals surface area contributed by atoms with E-state index in [4.69, 9.17) is 10.5 Å². The number of rotatable bonds is 6. The van der Waals surface area contributed by atoms with Gasteiger partial charge in [0.15, 0.2) is 0 Å². The maximum atomic E-state index is 11.9. The van der Waals surface area contributed by atoms with Crippen LogP contribution in [0.2, 0.25) is 0 Å².